The van der Waals surface area contributed by atoms with E-state index in [0.29, 0.717) is 24.3 Å². The highest BCUT2D eigenvalue weighted by atomic mass is 16.5. The topological polar surface area (TPSA) is 77.8 Å². The van der Waals surface area contributed by atoms with E-state index in [9.17, 15) is 0 Å². The fourth-order valence-electron chi connectivity index (χ4n) is 2.93. The van der Waals surface area contributed by atoms with Gasteiger partial charge in [-0.2, -0.15) is 9.97 Å². The first-order valence-corrected chi connectivity index (χ1v) is 8.83. The number of para-hydroxylation sites is 2. The molecule has 4 rings (SSSR count). The van der Waals surface area contributed by atoms with Gasteiger partial charge in [-0.1, -0.05) is 49.4 Å². The lowest BCUT2D eigenvalue weighted by Gasteiger charge is -2.11. The molecule has 27 heavy (non-hydrogen) atoms. The first kappa shape index (κ1) is 17.0. The molecule has 1 N–H and O–H groups in total. The molecule has 0 fully saturated rings. The summed E-state index contributed by atoms with van der Waals surface area (Å²) in [4.78, 5) is 9.20. The van der Waals surface area contributed by atoms with Gasteiger partial charge < -0.3 is 10.1 Å². The molecule has 0 saturated heterocycles. The molecule has 0 atom stereocenters. The number of benzene rings is 2. The summed E-state index contributed by atoms with van der Waals surface area (Å²) >= 11 is 0. The standard InChI is InChI=1S/C20H20N6O/c1-3-15-18(21-13-14-9-5-4-6-10-14)23-19(25-24-15)26-17-12-8-7-11-16(17)22-20(26)27-2/h4-12H,3,13H2,1-2H3,(H,21,23,25). The largest absolute Gasteiger partial charge is 0.468 e. The van der Waals surface area contributed by atoms with Gasteiger partial charge in [-0.05, 0) is 24.1 Å². The lowest BCUT2D eigenvalue weighted by atomic mass is 10.2. The predicted octanol–water partition coefficient (Wildman–Crippen LogP) is 3.39. The molecule has 2 heterocycles. The van der Waals surface area contributed by atoms with E-state index in [4.69, 9.17) is 9.72 Å². The van der Waals surface area contributed by atoms with Crippen LogP contribution in [-0.4, -0.2) is 31.8 Å². The summed E-state index contributed by atoms with van der Waals surface area (Å²) in [5, 5.41) is 12.1. The van der Waals surface area contributed by atoms with Gasteiger partial charge in [-0.3, -0.25) is 0 Å². The van der Waals surface area contributed by atoms with Crippen LogP contribution in [0.15, 0.2) is 54.6 Å². The van der Waals surface area contributed by atoms with Gasteiger partial charge in [0.25, 0.3) is 5.95 Å². The summed E-state index contributed by atoms with van der Waals surface area (Å²) in [5.74, 6) is 1.14. The second-order valence-corrected chi connectivity index (χ2v) is 6.02. The zero-order valence-electron chi connectivity index (χ0n) is 15.3. The number of nitrogens with zero attached hydrogens (tertiary/aromatic N) is 5. The van der Waals surface area contributed by atoms with Gasteiger partial charge in [0.1, 0.15) is 5.69 Å². The van der Waals surface area contributed by atoms with Crippen LogP contribution in [0.4, 0.5) is 5.82 Å². The van der Waals surface area contributed by atoms with Gasteiger partial charge in [-0.15, -0.1) is 10.2 Å². The second kappa shape index (κ2) is 7.41. The Hall–Kier alpha value is -3.48. The number of rotatable bonds is 6. The van der Waals surface area contributed by atoms with Crippen LogP contribution in [0.25, 0.3) is 17.0 Å². The number of aromatic nitrogens is 5. The van der Waals surface area contributed by atoms with E-state index >= 15 is 0 Å². The molecule has 0 saturated carbocycles. The SMILES string of the molecule is CCc1nnc(-n2c(OC)nc3ccccc32)nc1NCc1ccccc1. The molecule has 0 amide bonds. The highest BCUT2D eigenvalue weighted by Crippen LogP contribution is 2.25. The van der Waals surface area contributed by atoms with E-state index in [-0.39, 0.29) is 0 Å². The number of aryl methyl sites for hydroxylation is 1. The molecule has 0 spiro atoms. The van der Waals surface area contributed by atoms with Crippen molar-refractivity contribution in [2.45, 2.75) is 19.9 Å². The van der Waals surface area contributed by atoms with Gasteiger partial charge in [0.2, 0.25) is 0 Å². The maximum Gasteiger partial charge on any atom is 0.304 e. The van der Waals surface area contributed by atoms with Crippen molar-refractivity contribution in [3.63, 3.8) is 0 Å². The Morgan fingerprint density at radius 3 is 2.52 bits per heavy atom. The van der Waals surface area contributed by atoms with Crippen LogP contribution in [0.2, 0.25) is 0 Å². The molecule has 0 bridgehead atoms. The van der Waals surface area contributed by atoms with Crippen LogP contribution in [-0.2, 0) is 13.0 Å². The Morgan fingerprint density at radius 2 is 1.74 bits per heavy atom. The van der Waals surface area contributed by atoms with Gasteiger partial charge >= 0.3 is 6.01 Å². The van der Waals surface area contributed by atoms with Crippen LogP contribution < -0.4 is 10.1 Å². The lowest BCUT2D eigenvalue weighted by Crippen LogP contribution is -2.12. The summed E-state index contributed by atoms with van der Waals surface area (Å²) in [6.45, 7) is 2.69. The predicted molar refractivity (Wildman–Crippen MR) is 104 cm³/mol. The molecule has 2 aromatic carbocycles. The summed E-state index contributed by atoms with van der Waals surface area (Å²) in [7, 11) is 1.58. The fourth-order valence-corrected chi connectivity index (χ4v) is 2.93. The van der Waals surface area contributed by atoms with Crippen LogP contribution in [0.1, 0.15) is 18.2 Å². The molecule has 4 aromatic rings. The quantitative estimate of drug-likeness (QED) is 0.568. The highest BCUT2D eigenvalue weighted by molar-refractivity contribution is 5.78. The van der Waals surface area contributed by atoms with Crippen molar-refractivity contribution in [3.8, 4) is 12.0 Å². The number of nitrogens with one attached hydrogen (secondary N) is 1. The van der Waals surface area contributed by atoms with Gasteiger partial charge in [0.15, 0.2) is 5.82 Å². The van der Waals surface area contributed by atoms with Gasteiger partial charge in [0, 0.05) is 6.54 Å². The van der Waals surface area contributed by atoms with Gasteiger partial charge in [0.05, 0.1) is 18.1 Å². The third-order valence-electron chi connectivity index (χ3n) is 4.30. The highest BCUT2D eigenvalue weighted by Gasteiger charge is 2.17. The average Bonchev–Trinajstić information content (AvgIpc) is 3.11. The van der Waals surface area contributed by atoms with E-state index in [1.54, 1.807) is 11.7 Å². The van der Waals surface area contributed by atoms with Crippen LogP contribution in [0.5, 0.6) is 6.01 Å². The molecule has 0 unspecified atom stereocenters. The Bertz CT molecular complexity index is 1060. The Labute approximate surface area is 157 Å². The number of imidazole rings is 1. The van der Waals surface area contributed by atoms with E-state index < -0.39 is 0 Å². The number of ether oxygens (including phenoxy) is 1. The number of methoxy groups -OCH3 is 1. The van der Waals surface area contributed by atoms with Crippen molar-refractivity contribution in [2.24, 2.45) is 0 Å². The molecule has 136 valence electrons. The van der Waals surface area contributed by atoms with E-state index in [0.717, 1.165) is 23.1 Å². The molecule has 0 aliphatic carbocycles. The van der Waals surface area contributed by atoms with Crippen molar-refractivity contribution in [2.75, 3.05) is 12.4 Å². The first-order valence-electron chi connectivity index (χ1n) is 8.83. The summed E-state index contributed by atoms with van der Waals surface area (Å²) < 4.78 is 7.21. The monoisotopic (exact) mass is 360 g/mol. The molecular formula is C20H20N6O. The van der Waals surface area contributed by atoms with Crippen molar-refractivity contribution >= 4 is 16.9 Å². The minimum atomic E-state index is 0.424. The van der Waals surface area contributed by atoms with Crippen molar-refractivity contribution in [1.82, 2.24) is 24.7 Å². The number of fused-ring (bicyclic) bond motifs is 1. The second-order valence-electron chi connectivity index (χ2n) is 6.02. The zero-order chi connectivity index (χ0) is 18.6. The normalized spacial score (nSPS) is 10.9. The van der Waals surface area contributed by atoms with E-state index in [2.05, 4.69) is 32.6 Å². The fraction of sp³-hybridized carbons (Fsp3) is 0.200. The average molecular weight is 360 g/mol. The Morgan fingerprint density at radius 1 is 0.963 bits per heavy atom. The lowest BCUT2D eigenvalue weighted by molar-refractivity contribution is 0.373. The number of hydrogen-bond donors (Lipinski definition) is 1. The van der Waals surface area contributed by atoms with Crippen LogP contribution in [0, 0.1) is 0 Å². The van der Waals surface area contributed by atoms with Crippen LogP contribution in [0.3, 0.4) is 0 Å². The smallest absolute Gasteiger partial charge is 0.304 e. The van der Waals surface area contributed by atoms with E-state index in [1.807, 2.05) is 49.4 Å². The third-order valence-corrected chi connectivity index (χ3v) is 4.30. The van der Waals surface area contributed by atoms with Crippen molar-refractivity contribution in [1.29, 1.82) is 0 Å². The number of anilines is 1. The van der Waals surface area contributed by atoms with Crippen molar-refractivity contribution in [3.05, 3.63) is 65.9 Å². The summed E-state index contributed by atoms with van der Waals surface area (Å²) in [6.07, 6.45) is 0.735. The Kier molecular flexibility index (Phi) is 4.65. The molecule has 0 aliphatic heterocycles. The third kappa shape index (κ3) is 3.31. The molecule has 0 aliphatic rings. The summed E-state index contributed by atoms with van der Waals surface area (Å²) in [5.41, 5.74) is 3.68. The molecule has 2 aromatic heterocycles. The maximum atomic E-state index is 5.43. The number of hydrogen-bond acceptors (Lipinski definition) is 6. The van der Waals surface area contributed by atoms with Gasteiger partial charge in [-0.25, -0.2) is 4.57 Å². The van der Waals surface area contributed by atoms with Crippen molar-refractivity contribution < 1.29 is 4.74 Å². The molecule has 7 heteroatoms. The molecule has 0 radical (unpaired) electrons. The summed E-state index contributed by atoms with van der Waals surface area (Å²) in [6, 6.07) is 18.4. The maximum absolute atomic E-state index is 5.43. The zero-order valence-corrected chi connectivity index (χ0v) is 15.3. The Balaban J connectivity index is 1.74. The van der Waals surface area contributed by atoms with E-state index in [1.165, 1.54) is 5.56 Å². The minimum absolute atomic E-state index is 0.424. The van der Waals surface area contributed by atoms with Crippen LogP contribution >= 0.6 is 0 Å². The first-order chi connectivity index (χ1) is 13.3. The minimum Gasteiger partial charge on any atom is -0.468 e. The molecule has 7 nitrogen and oxygen atoms in total. The molecular weight excluding hydrogens is 340 g/mol.